The van der Waals surface area contributed by atoms with Gasteiger partial charge in [0.15, 0.2) is 5.16 Å². The number of halogens is 2. The summed E-state index contributed by atoms with van der Waals surface area (Å²) in [6, 6.07) is 5.11. The number of thioether (sulfide) groups is 1. The van der Waals surface area contributed by atoms with Crippen LogP contribution < -0.4 is 5.56 Å². The molecule has 0 radical (unpaired) electrons. The largest absolute Gasteiger partial charge is 0.382 e. The van der Waals surface area contributed by atoms with Gasteiger partial charge in [0.2, 0.25) is 0 Å². The molecule has 0 N–H and O–H groups in total. The predicted molar refractivity (Wildman–Crippen MR) is 97.8 cm³/mol. The summed E-state index contributed by atoms with van der Waals surface area (Å²) in [4.78, 5) is 17.3. The lowest BCUT2D eigenvalue weighted by Crippen LogP contribution is -2.24. The van der Waals surface area contributed by atoms with Crippen molar-refractivity contribution in [3.63, 3.8) is 0 Å². The molecular formula is C16H18Cl2N2O2S. The molecule has 124 valence electrons. The van der Waals surface area contributed by atoms with Crippen molar-refractivity contribution in [2.24, 2.45) is 0 Å². The number of benzene rings is 1. The van der Waals surface area contributed by atoms with Crippen molar-refractivity contribution in [2.45, 2.75) is 25.0 Å². The molecule has 0 fully saturated rings. The molecule has 1 aromatic carbocycles. The molecule has 1 aromatic heterocycles. The highest BCUT2D eigenvalue weighted by Gasteiger charge is 2.12. The van der Waals surface area contributed by atoms with Crippen LogP contribution in [-0.2, 0) is 11.3 Å². The first-order valence-corrected chi connectivity index (χ1v) is 9.01. The number of aromatic nitrogens is 2. The lowest BCUT2D eigenvalue weighted by molar-refractivity contribution is 0.140. The van der Waals surface area contributed by atoms with Gasteiger partial charge in [0, 0.05) is 35.6 Å². The van der Waals surface area contributed by atoms with E-state index >= 15 is 0 Å². The van der Waals surface area contributed by atoms with Crippen LogP contribution in [0.2, 0.25) is 5.02 Å². The number of ether oxygens (including phenoxy) is 1. The van der Waals surface area contributed by atoms with Crippen LogP contribution in [0.1, 0.15) is 13.3 Å². The summed E-state index contributed by atoms with van der Waals surface area (Å²) in [5.74, 6) is 0.492. The van der Waals surface area contributed by atoms with Gasteiger partial charge in [-0.1, -0.05) is 41.5 Å². The number of fused-ring (bicyclic) bond motifs is 1. The lowest BCUT2D eigenvalue weighted by atomic mass is 10.2. The fraction of sp³-hybridized carbons (Fsp3) is 0.375. The molecule has 0 amide bonds. The van der Waals surface area contributed by atoms with Crippen molar-refractivity contribution in [3.8, 4) is 0 Å². The van der Waals surface area contributed by atoms with Crippen LogP contribution in [0.5, 0.6) is 0 Å². The van der Waals surface area contributed by atoms with Crippen LogP contribution in [0, 0.1) is 0 Å². The highest BCUT2D eigenvalue weighted by atomic mass is 35.5. The van der Waals surface area contributed by atoms with Crippen LogP contribution in [0.25, 0.3) is 10.9 Å². The van der Waals surface area contributed by atoms with Gasteiger partial charge in [-0.3, -0.25) is 9.36 Å². The number of rotatable bonds is 8. The minimum Gasteiger partial charge on any atom is -0.382 e. The molecule has 0 saturated carbocycles. The minimum atomic E-state index is -0.0779. The van der Waals surface area contributed by atoms with E-state index in [1.165, 1.54) is 11.8 Å². The third-order valence-electron chi connectivity index (χ3n) is 3.11. The Morgan fingerprint density at radius 2 is 2.26 bits per heavy atom. The molecule has 7 heteroatoms. The van der Waals surface area contributed by atoms with Gasteiger partial charge >= 0.3 is 0 Å². The summed E-state index contributed by atoms with van der Waals surface area (Å²) in [6.07, 6.45) is 0.740. The van der Waals surface area contributed by atoms with E-state index in [1.54, 1.807) is 22.8 Å². The first-order chi connectivity index (χ1) is 11.0. The summed E-state index contributed by atoms with van der Waals surface area (Å²) in [5, 5.41) is 2.23. The average Bonchev–Trinajstić information content (AvgIpc) is 2.51. The zero-order valence-corrected chi connectivity index (χ0v) is 15.2. The fourth-order valence-electron chi connectivity index (χ4n) is 2.09. The van der Waals surface area contributed by atoms with Crippen molar-refractivity contribution in [1.82, 2.24) is 9.55 Å². The molecule has 0 unspecified atom stereocenters. The van der Waals surface area contributed by atoms with Crippen molar-refractivity contribution in [2.75, 3.05) is 19.0 Å². The van der Waals surface area contributed by atoms with E-state index in [2.05, 4.69) is 11.6 Å². The summed E-state index contributed by atoms with van der Waals surface area (Å²) < 4.78 is 7.01. The van der Waals surface area contributed by atoms with Crippen molar-refractivity contribution in [3.05, 3.63) is 45.2 Å². The Hall–Kier alpha value is -1.01. The second-order valence-electron chi connectivity index (χ2n) is 4.87. The van der Waals surface area contributed by atoms with Crippen molar-refractivity contribution < 1.29 is 4.74 Å². The average molecular weight is 373 g/mol. The Labute approximate surface area is 149 Å². The Morgan fingerprint density at radius 1 is 1.48 bits per heavy atom. The van der Waals surface area contributed by atoms with Gasteiger partial charge in [-0.15, -0.1) is 0 Å². The Kier molecular flexibility index (Phi) is 6.96. The lowest BCUT2D eigenvalue weighted by Gasteiger charge is -2.13. The molecule has 0 aliphatic heterocycles. The quantitative estimate of drug-likeness (QED) is 0.393. The summed E-state index contributed by atoms with van der Waals surface area (Å²) >= 11 is 13.2. The van der Waals surface area contributed by atoms with Crippen LogP contribution in [0.3, 0.4) is 0 Å². The minimum absolute atomic E-state index is 0.0779. The van der Waals surface area contributed by atoms with Gasteiger partial charge in [0.1, 0.15) is 0 Å². The molecule has 0 spiro atoms. The molecule has 2 rings (SSSR count). The van der Waals surface area contributed by atoms with E-state index in [-0.39, 0.29) is 5.56 Å². The first-order valence-electron chi connectivity index (χ1n) is 7.27. The molecule has 23 heavy (non-hydrogen) atoms. The van der Waals surface area contributed by atoms with E-state index in [0.717, 1.165) is 6.42 Å². The third kappa shape index (κ3) is 4.98. The number of nitrogens with zero attached hydrogens (tertiary/aromatic N) is 2. The summed E-state index contributed by atoms with van der Waals surface area (Å²) in [5.41, 5.74) is 0.511. The van der Waals surface area contributed by atoms with E-state index in [0.29, 0.717) is 51.6 Å². The Bertz CT molecular complexity index is 762. The standard InChI is InChI=1S/C16H18Cl2N2O2S/c1-3-22-8-4-7-20-15(21)13-6-5-12(18)9-14(13)19-16(20)23-10-11(2)17/h5-6,9H,2-4,7-8,10H2,1H3. The molecule has 0 atom stereocenters. The van der Waals surface area contributed by atoms with Gasteiger partial charge in [-0.05, 0) is 31.5 Å². The summed E-state index contributed by atoms with van der Waals surface area (Å²) in [6.45, 7) is 7.43. The molecule has 4 nitrogen and oxygen atoms in total. The second-order valence-corrected chi connectivity index (χ2v) is 6.78. The zero-order chi connectivity index (χ0) is 16.8. The van der Waals surface area contributed by atoms with Gasteiger partial charge in [-0.2, -0.15) is 0 Å². The van der Waals surface area contributed by atoms with Gasteiger partial charge in [-0.25, -0.2) is 4.98 Å². The van der Waals surface area contributed by atoms with Gasteiger partial charge in [0.05, 0.1) is 10.9 Å². The van der Waals surface area contributed by atoms with Gasteiger partial charge < -0.3 is 4.74 Å². The summed E-state index contributed by atoms with van der Waals surface area (Å²) in [7, 11) is 0. The van der Waals surface area contributed by atoms with E-state index in [1.807, 2.05) is 6.92 Å². The monoisotopic (exact) mass is 372 g/mol. The smallest absolute Gasteiger partial charge is 0.262 e. The van der Waals surface area contributed by atoms with E-state index < -0.39 is 0 Å². The van der Waals surface area contributed by atoms with Crippen LogP contribution in [0.4, 0.5) is 0 Å². The SMILES string of the molecule is C=C(Cl)CSc1nc2cc(Cl)ccc2c(=O)n1CCCOCC. The molecule has 0 aliphatic carbocycles. The zero-order valence-electron chi connectivity index (χ0n) is 12.8. The maximum absolute atomic E-state index is 12.7. The molecule has 2 aromatic rings. The fourth-order valence-corrected chi connectivity index (χ4v) is 3.20. The number of hydrogen-bond donors (Lipinski definition) is 0. The maximum Gasteiger partial charge on any atom is 0.262 e. The van der Waals surface area contributed by atoms with E-state index in [9.17, 15) is 4.79 Å². The molecular weight excluding hydrogens is 355 g/mol. The maximum atomic E-state index is 12.7. The van der Waals surface area contributed by atoms with Crippen LogP contribution in [0.15, 0.2) is 39.8 Å². The highest BCUT2D eigenvalue weighted by Crippen LogP contribution is 2.22. The first kappa shape index (κ1) is 18.3. The van der Waals surface area contributed by atoms with Crippen LogP contribution in [-0.4, -0.2) is 28.5 Å². The topological polar surface area (TPSA) is 44.1 Å². The molecule has 1 heterocycles. The molecule has 0 bridgehead atoms. The molecule has 0 saturated heterocycles. The normalized spacial score (nSPS) is 11.1. The third-order valence-corrected chi connectivity index (χ3v) is 4.70. The van der Waals surface area contributed by atoms with E-state index in [4.69, 9.17) is 27.9 Å². The van der Waals surface area contributed by atoms with Gasteiger partial charge in [0.25, 0.3) is 5.56 Å². The predicted octanol–water partition coefficient (Wildman–Crippen LogP) is 4.32. The van der Waals surface area contributed by atoms with Crippen molar-refractivity contribution in [1.29, 1.82) is 0 Å². The number of hydrogen-bond acceptors (Lipinski definition) is 4. The Balaban J connectivity index is 2.40. The van der Waals surface area contributed by atoms with Crippen LogP contribution >= 0.6 is 35.0 Å². The Morgan fingerprint density at radius 3 is 2.96 bits per heavy atom. The van der Waals surface area contributed by atoms with Crippen molar-refractivity contribution >= 4 is 45.9 Å². The molecule has 0 aliphatic rings. The second kappa shape index (κ2) is 8.73. The highest BCUT2D eigenvalue weighted by molar-refractivity contribution is 7.99.